The predicted molar refractivity (Wildman–Crippen MR) is 79.1 cm³/mol. The molecule has 5 nitrogen and oxygen atoms in total. The zero-order valence-corrected chi connectivity index (χ0v) is 13.2. The third kappa shape index (κ3) is 2.90. The van der Waals surface area contributed by atoms with Crippen molar-refractivity contribution in [3.63, 3.8) is 0 Å². The molecule has 2 aromatic rings. The van der Waals surface area contributed by atoms with E-state index in [1.807, 2.05) is 19.4 Å². The van der Waals surface area contributed by atoms with Gasteiger partial charge in [-0.2, -0.15) is 5.10 Å². The van der Waals surface area contributed by atoms with Crippen molar-refractivity contribution in [3.8, 4) is 0 Å². The van der Waals surface area contributed by atoms with Gasteiger partial charge in [0.15, 0.2) is 0 Å². The summed E-state index contributed by atoms with van der Waals surface area (Å²) in [6.45, 7) is 6.68. The van der Waals surface area contributed by atoms with E-state index in [9.17, 15) is 0 Å². The Kier molecular flexibility index (Phi) is 4.76. The highest BCUT2D eigenvalue weighted by Crippen LogP contribution is 2.23. The summed E-state index contributed by atoms with van der Waals surface area (Å²) >= 11 is 3.68. The van der Waals surface area contributed by atoms with Gasteiger partial charge in [0.05, 0.1) is 29.0 Å². The minimum atomic E-state index is 0.769. The predicted octanol–water partition coefficient (Wildman–Crippen LogP) is 2.19. The smallest absolute Gasteiger partial charge is 0.123 e. The lowest BCUT2D eigenvalue weighted by atomic mass is 10.3. The van der Waals surface area contributed by atoms with Gasteiger partial charge in [0.2, 0.25) is 0 Å². The van der Waals surface area contributed by atoms with Crippen molar-refractivity contribution >= 4 is 15.9 Å². The van der Waals surface area contributed by atoms with Gasteiger partial charge < -0.3 is 9.88 Å². The highest BCUT2D eigenvalue weighted by molar-refractivity contribution is 9.10. The van der Waals surface area contributed by atoms with Crippen molar-refractivity contribution in [2.45, 2.75) is 39.9 Å². The van der Waals surface area contributed by atoms with E-state index >= 15 is 0 Å². The molecule has 2 heterocycles. The van der Waals surface area contributed by atoms with Crippen LogP contribution in [0.25, 0.3) is 0 Å². The molecule has 19 heavy (non-hydrogen) atoms. The first-order valence-corrected chi connectivity index (χ1v) is 7.39. The molecule has 0 aliphatic carbocycles. The van der Waals surface area contributed by atoms with Gasteiger partial charge in [-0.15, -0.1) is 0 Å². The maximum absolute atomic E-state index is 4.62. The Morgan fingerprint density at radius 3 is 2.79 bits per heavy atom. The summed E-state index contributed by atoms with van der Waals surface area (Å²) in [5.74, 6) is 1.04. The Bertz CT molecular complexity index is 543. The highest BCUT2D eigenvalue weighted by Gasteiger charge is 2.15. The molecule has 0 aliphatic rings. The average molecular weight is 326 g/mol. The Labute approximate surface area is 122 Å². The van der Waals surface area contributed by atoms with Gasteiger partial charge in [0, 0.05) is 18.9 Å². The number of aromatic nitrogens is 4. The Morgan fingerprint density at radius 2 is 2.16 bits per heavy atom. The number of rotatable bonds is 6. The summed E-state index contributed by atoms with van der Waals surface area (Å²) in [5.41, 5.74) is 2.32. The fraction of sp³-hybridized carbons (Fsp3) is 0.538. The quantitative estimate of drug-likeness (QED) is 0.885. The molecule has 0 spiro atoms. The lowest BCUT2D eigenvalue weighted by molar-refractivity contribution is 0.580. The van der Waals surface area contributed by atoms with Crippen LogP contribution in [0.3, 0.4) is 0 Å². The molecule has 2 aromatic heterocycles. The molecule has 0 aromatic carbocycles. The van der Waals surface area contributed by atoms with E-state index in [4.69, 9.17) is 0 Å². The molecule has 0 amide bonds. The molecule has 0 bridgehead atoms. The first-order chi connectivity index (χ1) is 9.21. The van der Waals surface area contributed by atoms with Crippen LogP contribution in [0.15, 0.2) is 16.9 Å². The number of nitrogens with zero attached hydrogens (tertiary/aromatic N) is 4. The van der Waals surface area contributed by atoms with Crippen LogP contribution in [0.1, 0.15) is 31.1 Å². The molecule has 0 aliphatic heterocycles. The van der Waals surface area contributed by atoms with Crippen molar-refractivity contribution in [1.82, 2.24) is 24.6 Å². The molecular weight excluding hydrogens is 306 g/mol. The maximum atomic E-state index is 4.62. The number of hydrogen-bond acceptors (Lipinski definition) is 3. The minimum absolute atomic E-state index is 0.769. The summed E-state index contributed by atoms with van der Waals surface area (Å²) in [5, 5.41) is 7.76. The number of halogens is 1. The number of aryl methyl sites for hydroxylation is 2. The van der Waals surface area contributed by atoms with Gasteiger partial charge in [-0.1, -0.05) is 6.92 Å². The lowest BCUT2D eigenvalue weighted by Gasteiger charge is -2.09. The van der Waals surface area contributed by atoms with Crippen LogP contribution in [0.2, 0.25) is 0 Å². The fourth-order valence-electron chi connectivity index (χ4n) is 2.14. The van der Waals surface area contributed by atoms with E-state index in [-0.39, 0.29) is 0 Å². The van der Waals surface area contributed by atoms with Crippen molar-refractivity contribution < 1.29 is 0 Å². The zero-order chi connectivity index (χ0) is 13.8. The van der Waals surface area contributed by atoms with Gasteiger partial charge in [-0.3, -0.25) is 4.68 Å². The topological polar surface area (TPSA) is 47.7 Å². The molecule has 0 saturated heterocycles. The van der Waals surface area contributed by atoms with Crippen LogP contribution < -0.4 is 5.32 Å². The monoisotopic (exact) mass is 325 g/mol. The molecule has 0 atom stereocenters. The van der Waals surface area contributed by atoms with Gasteiger partial charge in [0.25, 0.3) is 0 Å². The van der Waals surface area contributed by atoms with E-state index < -0.39 is 0 Å². The lowest BCUT2D eigenvalue weighted by Crippen LogP contribution is -2.14. The number of imidazole rings is 1. The zero-order valence-electron chi connectivity index (χ0n) is 11.6. The van der Waals surface area contributed by atoms with Crippen molar-refractivity contribution in [1.29, 1.82) is 0 Å². The number of nitrogens with one attached hydrogen (secondary N) is 1. The second-order valence-electron chi connectivity index (χ2n) is 4.38. The summed E-state index contributed by atoms with van der Waals surface area (Å²) < 4.78 is 5.34. The van der Waals surface area contributed by atoms with Gasteiger partial charge in [-0.05, 0) is 36.3 Å². The van der Waals surface area contributed by atoms with Crippen molar-refractivity contribution in [2.75, 3.05) is 7.05 Å². The standard InChI is InChI=1S/C13H20BrN5/c1-4-10-13(14)11(19(5-2)17-10)9-18-7-6-16-12(18)8-15-3/h6-7,15H,4-5,8-9H2,1-3H3. The summed E-state index contributed by atoms with van der Waals surface area (Å²) in [6, 6.07) is 0. The Hall–Kier alpha value is -1.14. The van der Waals surface area contributed by atoms with E-state index in [0.29, 0.717) is 0 Å². The van der Waals surface area contributed by atoms with Crippen molar-refractivity contribution in [3.05, 3.63) is 34.1 Å². The SMILES string of the molecule is CCc1nn(CC)c(Cn2ccnc2CNC)c1Br. The van der Waals surface area contributed by atoms with Crippen LogP contribution in [0, 0.1) is 0 Å². The summed E-state index contributed by atoms with van der Waals surface area (Å²) in [6.07, 6.45) is 4.79. The van der Waals surface area contributed by atoms with Crippen LogP contribution in [-0.2, 0) is 26.1 Å². The molecule has 1 N–H and O–H groups in total. The summed E-state index contributed by atoms with van der Waals surface area (Å²) in [7, 11) is 1.93. The van der Waals surface area contributed by atoms with E-state index in [2.05, 4.69) is 54.4 Å². The van der Waals surface area contributed by atoms with E-state index in [1.54, 1.807) is 0 Å². The average Bonchev–Trinajstić information content (AvgIpc) is 2.97. The molecule has 104 valence electrons. The minimum Gasteiger partial charge on any atom is -0.328 e. The molecule has 6 heteroatoms. The van der Waals surface area contributed by atoms with E-state index in [1.165, 1.54) is 5.69 Å². The van der Waals surface area contributed by atoms with Crippen LogP contribution >= 0.6 is 15.9 Å². The molecular formula is C13H20BrN5. The van der Waals surface area contributed by atoms with Crippen LogP contribution in [0.5, 0.6) is 0 Å². The van der Waals surface area contributed by atoms with Crippen LogP contribution in [0.4, 0.5) is 0 Å². The Balaban J connectivity index is 2.32. The molecule has 2 rings (SSSR count). The van der Waals surface area contributed by atoms with Crippen molar-refractivity contribution in [2.24, 2.45) is 0 Å². The van der Waals surface area contributed by atoms with Gasteiger partial charge in [-0.25, -0.2) is 4.98 Å². The first-order valence-electron chi connectivity index (χ1n) is 6.59. The second kappa shape index (κ2) is 6.34. The Morgan fingerprint density at radius 1 is 1.37 bits per heavy atom. The molecule has 0 saturated carbocycles. The fourth-order valence-corrected chi connectivity index (χ4v) is 2.83. The molecule has 0 fully saturated rings. The number of hydrogen-bond donors (Lipinski definition) is 1. The molecule has 0 radical (unpaired) electrons. The third-order valence-corrected chi connectivity index (χ3v) is 4.07. The largest absolute Gasteiger partial charge is 0.328 e. The highest BCUT2D eigenvalue weighted by atomic mass is 79.9. The van der Waals surface area contributed by atoms with Crippen LogP contribution in [-0.4, -0.2) is 26.4 Å². The summed E-state index contributed by atoms with van der Waals surface area (Å²) in [4.78, 5) is 4.37. The second-order valence-corrected chi connectivity index (χ2v) is 5.17. The normalized spacial score (nSPS) is 11.2. The third-order valence-electron chi connectivity index (χ3n) is 3.15. The first kappa shape index (κ1) is 14.3. The van der Waals surface area contributed by atoms with E-state index in [0.717, 1.165) is 42.0 Å². The molecule has 0 unspecified atom stereocenters. The van der Waals surface area contributed by atoms with Gasteiger partial charge in [0.1, 0.15) is 5.82 Å². The maximum Gasteiger partial charge on any atom is 0.123 e. The van der Waals surface area contributed by atoms with Gasteiger partial charge >= 0.3 is 0 Å².